The first-order valence-corrected chi connectivity index (χ1v) is 8.34. The minimum atomic E-state index is -0.275. The highest BCUT2D eigenvalue weighted by molar-refractivity contribution is 5.37. The number of benzene rings is 1. The van der Waals surface area contributed by atoms with E-state index in [1.165, 1.54) is 44.1 Å². The highest BCUT2D eigenvalue weighted by atomic mass is 16.5. The molecule has 0 amide bonds. The maximum atomic E-state index is 6.64. The Balaban J connectivity index is 1.43. The number of ether oxygens (including phenoxy) is 2. The van der Waals surface area contributed by atoms with Crippen LogP contribution in [0.1, 0.15) is 50.5 Å². The molecule has 1 saturated heterocycles. The number of para-hydroxylation sites is 1. The monoisotopic (exact) mass is 287 g/mol. The molecule has 2 N–H and O–H groups in total. The molecule has 1 spiro atoms. The predicted molar refractivity (Wildman–Crippen MR) is 82.5 cm³/mol. The van der Waals surface area contributed by atoms with Gasteiger partial charge in [-0.1, -0.05) is 31.0 Å². The van der Waals surface area contributed by atoms with Gasteiger partial charge in [0.25, 0.3) is 0 Å². The lowest BCUT2D eigenvalue weighted by Gasteiger charge is -2.36. The molecule has 0 bridgehead atoms. The molecule has 3 aliphatic rings. The fourth-order valence-electron chi connectivity index (χ4n) is 4.45. The van der Waals surface area contributed by atoms with Gasteiger partial charge in [-0.3, -0.25) is 0 Å². The van der Waals surface area contributed by atoms with Crippen LogP contribution in [-0.2, 0) is 11.2 Å². The van der Waals surface area contributed by atoms with E-state index >= 15 is 0 Å². The van der Waals surface area contributed by atoms with Crippen LogP contribution in [0.15, 0.2) is 24.3 Å². The molecule has 2 fully saturated rings. The van der Waals surface area contributed by atoms with E-state index in [9.17, 15) is 0 Å². The Morgan fingerprint density at radius 1 is 1.14 bits per heavy atom. The number of hydrogen-bond donors (Lipinski definition) is 1. The number of fused-ring (bicyclic) bond motifs is 1. The lowest BCUT2D eigenvalue weighted by Crippen LogP contribution is -2.52. The molecule has 3 nitrogen and oxygen atoms in total. The van der Waals surface area contributed by atoms with Crippen LogP contribution in [0.25, 0.3) is 0 Å². The molecule has 2 aliphatic heterocycles. The molecule has 0 radical (unpaired) electrons. The van der Waals surface area contributed by atoms with Crippen molar-refractivity contribution in [3.8, 4) is 5.75 Å². The summed E-state index contributed by atoms with van der Waals surface area (Å²) in [6.45, 7) is 0.608. The molecular formula is C18H25NO2. The standard InChI is InChI=1S/C18H25NO2/c19-17(11-14-5-1-2-6-16(14)20-13-17)12-15-7-10-18(21-15)8-3-4-9-18/h1-2,5-6,15H,3-4,7-13,19H2. The molecular weight excluding hydrogens is 262 g/mol. The van der Waals surface area contributed by atoms with Gasteiger partial charge in [0, 0.05) is 0 Å². The molecule has 0 aromatic heterocycles. The zero-order valence-corrected chi connectivity index (χ0v) is 12.6. The second kappa shape index (κ2) is 4.99. The van der Waals surface area contributed by atoms with Gasteiger partial charge >= 0.3 is 0 Å². The van der Waals surface area contributed by atoms with Crippen molar-refractivity contribution >= 4 is 0 Å². The maximum absolute atomic E-state index is 6.64. The largest absolute Gasteiger partial charge is 0.491 e. The number of hydrogen-bond acceptors (Lipinski definition) is 3. The van der Waals surface area contributed by atoms with Gasteiger partial charge in [0.15, 0.2) is 0 Å². The first-order chi connectivity index (χ1) is 10.2. The molecule has 2 heterocycles. The van der Waals surface area contributed by atoms with Gasteiger partial charge in [0.1, 0.15) is 12.4 Å². The molecule has 2 unspecified atom stereocenters. The molecule has 3 heteroatoms. The molecule has 1 aromatic rings. The maximum Gasteiger partial charge on any atom is 0.122 e. The van der Waals surface area contributed by atoms with Gasteiger partial charge in [-0.05, 0) is 50.2 Å². The minimum Gasteiger partial charge on any atom is -0.491 e. The molecule has 1 aliphatic carbocycles. The Morgan fingerprint density at radius 3 is 2.81 bits per heavy atom. The van der Waals surface area contributed by atoms with Gasteiger partial charge in [0.05, 0.1) is 17.2 Å². The second-order valence-electron chi connectivity index (χ2n) is 7.31. The molecule has 4 rings (SSSR count). The van der Waals surface area contributed by atoms with Crippen LogP contribution in [-0.4, -0.2) is 23.9 Å². The first-order valence-electron chi connectivity index (χ1n) is 8.34. The van der Waals surface area contributed by atoms with E-state index in [2.05, 4.69) is 12.1 Å². The summed E-state index contributed by atoms with van der Waals surface area (Å²) in [5, 5.41) is 0. The van der Waals surface area contributed by atoms with Crippen molar-refractivity contribution < 1.29 is 9.47 Å². The molecule has 114 valence electrons. The molecule has 1 aromatic carbocycles. The Hall–Kier alpha value is -1.06. The fraction of sp³-hybridized carbons (Fsp3) is 0.667. The number of nitrogens with two attached hydrogens (primary N) is 1. The SMILES string of the molecule is NC1(CC2CCC3(CCCC3)O2)COc2ccccc2C1. The van der Waals surface area contributed by atoms with Crippen LogP contribution >= 0.6 is 0 Å². The quantitative estimate of drug-likeness (QED) is 0.908. The van der Waals surface area contributed by atoms with E-state index in [0.717, 1.165) is 18.6 Å². The third-order valence-corrected chi connectivity index (χ3v) is 5.52. The van der Waals surface area contributed by atoms with Gasteiger partial charge in [-0.25, -0.2) is 0 Å². The van der Waals surface area contributed by atoms with Gasteiger partial charge < -0.3 is 15.2 Å². The van der Waals surface area contributed by atoms with E-state index in [0.29, 0.717) is 12.7 Å². The Labute approximate surface area is 126 Å². The summed E-state index contributed by atoms with van der Waals surface area (Å²) in [6, 6.07) is 8.25. The van der Waals surface area contributed by atoms with Crippen molar-refractivity contribution in [2.75, 3.05) is 6.61 Å². The summed E-state index contributed by atoms with van der Waals surface area (Å²) < 4.78 is 12.3. The summed E-state index contributed by atoms with van der Waals surface area (Å²) in [5.41, 5.74) is 7.80. The van der Waals surface area contributed by atoms with Gasteiger partial charge in [0.2, 0.25) is 0 Å². The Bertz CT molecular complexity index is 524. The fourth-order valence-corrected chi connectivity index (χ4v) is 4.45. The Morgan fingerprint density at radius 2 is 1.95 bits per heavy atom. The smallest absolute Gasteiger partial charge is 0.122 e. The highest BCUT2D eigenvalue weighted by Crippen LogP contribution is 2.45. The highest BCUT2D eigenvalue weighted by Gasteiger charge is 2.45. The van der Waals surface area contributed by atoms with E-state index in [-0.39, 0.29) is 11.1 Å². The van der Waals surface area contributed by atoms with E-state index in [1.54, 1.807) is 0 Å². The van der Waals surface area contributed by atoms with Crippen molar-refractivity contribution in [3.63, 3.8) is 0 Å². The normalized spacial score (nSPS) is 33.9. The first kappa shape index (κ1) is 13.6. The van der Waals surface area contributed by atoms with E-state index in [1.807, 2.05) is 12.1 Å². The lowest BCUT2D eigenvalue weighted by molar-refractivity contribution is -0.0494. The summed E-state index contributed by atoms with van der Waals surface area (Å²) >= 11 is 0. The minimum absolute atomic E-state index is 0.203. The van der Waals surface area contributed by atoms with Crippen LogP contribution in [0.4, 0.5) is 0 Å². The van der Waals surface area contributed by atoms with Gasteiger partial charge in [-0.15, -0.1) is 0 Å². The average molecular weight is 287 g/mol. The average Bonchev–Trinajstić information content (AvgIpc) is 3.09. The zero-order chi connectivity index (χ0) is 14.3. The summed E-state index contributed by atoms with van der Waals surface area (Å²) in [4.78, 5) is 0. The van der Waals surface area contributed by atoms with Crippen molar-refractivity contribution in [3.05, 3.63) is 29.8 Å². The number of rotatable bonds is 2. The third-order valence-electron chi connectivity index (χ3n) is 5.52. The van der Waals surface area contributed by atoms with Crippen molar-refractivity contribution in [1.29, 1.82) is 0 Å². The molecule has 1 saturated carbocycles. The predicted octanol–water partition coefficient (Wildman–Crippen LogP) is 3.20. The third kappa shape index (κ3) is 2.58. The van der Waals surface area contributed by atoms with Crippen LogP contribution in [0, 0.1) is 0 Å². The second-order valence-corrected chi connectivity index (χ2v) is 7.31. The van der Waals surface area contributed by atoms with E-state index in [4.69, 9.17) is 15.2 Å². The van der Waals surface area contributed by atoms with Crippen LogP contribution in [0.2, 0.25) is 0 Å². The summed E-state index contributed by atoms with van der Waals surface area (Å²) in [6.07, 6.45) is 9.70. The van der Waals surface area contributed by atoms with Crippen molar-refractivity contribution in [2.24, 2.45) is 5.73 Å². The van der Waals surface area contributed by atoms with Crippen LogP contribution in [0.5, 0.6) is 5.75 Å². The zero-order valence-electron chi connectivity index (χ0n) is 12.6. The molecule has 2 atom stereocenters. The topological polar surface area (TPSA) is 44.5 Å². The summed E-state index contributed by atoms with van der Waals surface area (Å²) in [5.74, 6) is 0.998. The Kier molecular flexibility index (Phi) is 3.23. The van der Waals surface area contributed by atoms with Crippen molar-refractivity contribution in [2.45, 2.75) is 68.6 Å². The van der Waals surface area contributed by atoms with Gasteiger partial charge in [-0.2, -0.15) is 0 Å². The molecule has 21 heavy (non-hydrogen) atoms. The van der Waals surface area contributed by atoms with E-state index < -0.39 is 0 Å². The summed E-state index contributed by atoms with van der Waals surface area (Å²) in [7, 11) is 0. The van der Waals surface area contributed by atoms with Crippen LogP contribution < -0.4 is 10.5 Å². The van der Waals surface area contributed by atoms with Crippen molar-refractivity contribution in [1.82, 2.24) is 0 Å². The van der Waals surface area contributed by atoms with Crippen LogP contribution in [0.3, 0.4) is 0 Å². The lowest BCUT2D eigenvalue weighted by atomic mass is 9.84.